The largest absolute Gasteiger partial charge is 0.462 e. The third kappa shape index (κ3) is 7.87. The lowest BCUT2D eigenvalue weighted by molar-refractivity contribution is -0.384. The number of fused-ring (bicyclic) bond motifs is 2. The van der Waals surface area contributed by atoms with Crippen LogP contribution in [0.2, 0.25) is 0 Å². The smallest absolute Gasteiger partial charge is 0.317 e. The first-order valence-corrected chi connectivity index (χ1v) is 21.4. The van der Waals surface area contributed by atoms with Crippen LogP contribution in [0, 0.1) is 33.8 Å². The first-order valence-electron chi connectivity index (χ1n) is 21.4. The number of non-ortho nitro benzene ring substituents is 1. The molecule has 2 N–H and O–H groups in total. The Morgan fingerprint density at radius 2 is 1.79 bits per heavy atom. The molecule has 1 spiro atoms. The molecular weight excluding hydrogens is 743 g/mol. The summed E-state index contributed by atoms with van der Waals surface area (Å²) in [6, 6.07) is 6.24. The number of hydrogen-bond donors (Lipinski definition) is 2. The van der Waals surface area contributed by atoms with Gasteiger partial charge in [-0.15, -0.1) is 0 Å². The minimum absolute atomic E-state index is 0.00246. The van der Waals surface area contributed by atoms with Gasteiger partial charge in [-0.3, -0.25) is 19.7 Å². The zero-order valence-electron chi connectivity index (χ0n) is 34.8. The summed E-state index contributed by atoms with van der Waals surface area (Å²) >= 11 is 0. The SMILES string of the molecule is CCC(C)[C@H]1CC[C@]2(C[C@@H]3C[C@@H](C/C=C(/C)[C@H](OC(=O)C4(c5ccc([N+](=O)[O-])cc5)CCCC4)[C@@H](C)/C=C\C=C4CO[C@@H]5[C@H](O)C(C)=C[C@@H](C(=O)O3)[C@]45O)O2)O[C@@H]1C. The van der Waals surface area contributed by atoms with Gasteiger partial charge in [0.2, 0.25) is 0 Å². The van der Waals surface area contributed by atoms with Crippen molar-refractivity contribution in [1.82, 2.24) is 0 Å². The van der Waals surface area contributed by atoms with Gasteiger partial charge in [-0.05, 0) is 80.6 Å². The number of nitro benzene ring substituents is 1. The van der Waals surface area contributed by atoms with Gasteiger partial charge in [-0.25, -0.2) is 0 Å². The van der Waals surface area contributed by atoms with Crippen LogP contribution in [0.25, 0.3) is 0 Å². The first kappa shape index (κ1) is 42.4. The molecule has 12 heteroatoms. The van der Waals surface area contributed by atoms with E-state index in [-0.39, 0.29) is 30.3 Å². The van der Waals surface area contributed by atoms with Gasteiger partial charge < -0.3 is 33.9 Å². The standard InChI is InChI=1S/C46H61NO11/c1-7-27(2)37-19-22-45(57-31(37)6)25-36-24-35(58-45)18-13-29(4)40(56-43(50)44(20-8-9-21-44)32-14-16-34(17-15-32)47(52)53)28(3)11-10-12-33-26-54-41-39(48)30(5)23-38(42(49)55-36)46(33,41)51/h10-17,23,27-28,31,35-41,48,51H,7-9,18-22,24-26H2,1-6H3/b11-10-,29-13-,33-12?/t27?,28-,31+,35+,36-,37+,38-,39+,40+,41+,45-,46+/m0/s1. The maximum Gasteiger partial charge on any atom is 0.317 e. The van der Waals surface area contributed by atoms with E-state index in [4.69, 9.17) is 23.7 Å². The van der Waals surface area contributed by atoms with Gasteiger partial charge >= 0.3 is 11.9 Å². The molecule has 2 bridgehead atoms. The van der Waals surface area contributed by atoms with E-state index < -0.39 is 64.1 Å². The van der Waals surface area contributed by atoms with Crippen LogP contribution >= 0.6 is 0 Å². The van der Waals surface area contributed by atoms with E-state index in [1.165, 1.54) is 12.1 Å². The Morgan fingerprint density at radius 3 is 2.47 bits per heavy atom. The number of nitrogens with zero attached hydrogens (tertiary/aromatic N) is 1. The molecule has 12 atom stereocenters. The van der Waals surface area contributed by atoms with E-state index in [0.29, 0.717) is 67.1 Å². The Morgan fingerprint density at radius 1 is 1.07 bits per heavy atom. The maximum absolute atomic E-state index is 14.5. The highest BCUT2D eigenvalue weighted by molar-refractivity contribution is 5.84. The number of esters is 2. The van der Waals surface area contributed by atoms with Gasteiger partial charge in [-0.2, -0.15) is 0 Å². The van der Waals surface area contributed by atoms with Gasteiger partial charge in [-0.1, -0.05) is 82.5 Å². The van der Waals surface area contributed by atoms with Crippen molar-refractivity contribution in [3.05, 3.63) is 87.0 Å². The van der Waals surface area contributed by atoms with E-state index in [2.05, 4.69) is 26.8 Å². The van der Waals surface area contributed by atoms with Crippen LogP contribution in [-0.2, 0) is 38.7 Å². The van der Waals surface area contributed by atoms with Crippen molar-refractivity contribution in [3.8, 4) is 0 Å². The van der Waals surface area contributed by atoms with E-state index in [1.807, 2.05) is 19.9 Å². The van der Waals surface area contributed by atoms with Crippen molar-refractivity contribution in [2.24, 2.45) is 23.7 Å². The van der Waals surface area contributed by atoms with Crippen molar-refractivity contribution in [1.29, 1.82) is 0 Å². The molecule has 1 aromatic rings. The van der Waals surface area contributed by atoms with Crippen molar-refractivity contribution in [2.75, 3.05) is 6.61 Å². The Hall–Kier alpha value is -3.68. The number of carbonyl (C=O) groups excluding carboxylic acids is 2. The number of allylic oxidation sites excluding steroid dienone is 2. The second-order valence-electron chi connectivity index (χ2n) is 18.0. The molecule has 4 aliphatic heterocycles. The van der Waals surface area contributed by atoms with Crippen LogP contribution in [0.15, 0.2) is 71.4 Å². The summed E-state index contributed by atoms with van der Waals surface area (Å²) in [4.78, 5) is 39.8. The highest BCUT2D eigenvalue weighted by Crippen LogP contribution is 2.49. The minimum Gasteiger partial charge on any atom is -0.462 e. The zero-order valence-corrected chi connectivity index (χ0v) is 34.8. The normalized spacial score (nSPS) is 39.6. The molecule has 6 aliphatic rings. The Balaban J connectivity index is 1.25. The highest BCUT2D eigenvalue weighted by Gasteiger charge is 2.60. The average molecular weight is 804 g/mol. The number of aliphatic hydroxyl groups is 2. The fraction of sp³-hybridized carbons (Fsp3) is 0.652. The lowest BCUT2D eigenvalue weighted by Crippen LogP contribution is -2.58. The van der Waals surface area contributed by atoms with Gasteiger partial charge in [0.05, 0.1) is 29.2 Å². The number of hydrogen-bond acceptors (Lipinski definition) is 11. The summed E-state index contributed by atoms with van der Waals surface area (Å²) in [7, 11) is 0. The average Bonchev–Trinajstić information content (AvgIpc) is 3.83. The molecule has 4 fully saturated rings. The molecule has 0 radical (unpaired) electrons. The molecule has 1 unspecified atom stereocenters. The lowest BCUT2D eigenvalue weighted by Gasteiger charge is -2.50. The zero-order chi connectivity index (χ0) is 41.6. The number of rotatable bonds is 6. The van der Waals surface area contributed by atoms with Gasteiger partial charge in [0.15, 0.2) is 5.79 Å². The van der Waals surface area contributed by atoms with Gasteiger partial charge in [0.1, 0.15) is 35.9 Å². The monoisotopic (exact) mass is 803 g/mol. The minimum atomic E-state index is -1.86. The van der Waals surface area contributed by atoms with Crippen LogP contribution in [-0.4, -0.2) is 81.7 Å². The van der Waals surface area contributed by atoms with Crippen molar-refractivity contribution < 1.29 is 48.4 Å². The second kappa shape index (κ2) is 16.8. The summed E-state index contributed by atoms with van der Waals surface area (Å²) in [6.45, 7) is 12.2. The lowest BCUT2D eigenvalue weighted by atomic mass is 9.71. The van der Waals surface area contributed by atoms with Crippen molar-refractivity contribution >= 4 is 17.6 Å². The number of carbonyl (C=O) groups is 2. The van der Waals surface area contributed by atoms with Crippen LogP contribution in [0.1, 0.15) is 111 Å². The molecule has 0 amide bonds. The molecule has 7 rings (SSSR count). The summed E-state index contributed by atoms with van der Waals surface area (Å²) in [6.07, 6.45) is 11.8. The van der Waals surface area contributed by atoms with Crippen molar-refractivity contribution in [3.63, 3.8) is 0 Å². The summed E-state index contributed by atoms with van der Waals surface area (Å²) in [5, 5.41) is 35.0. The summed E-state index contributed by atoms with van der Waals surface area (Å²) in [5.74, 6) is -2.54. The van der Waals surface area contributed by atoms with E-state index in [0.717, 1.165) is 31.3 Å². The Labute approximate surface area is 341 Å². The quantitative estimate of drug-likeness (QED) is 0.127. The van der Waals surface area contributed by atoms with E-state index in [9.17, 15) is 29.9 Å². The van der Waals surface area contributed by atoms with Crippen LogP contribution in [0.5, 0.6) is 0 Å². The number of benzene rings is 1. The third-order valence-electron chi connectivity index (χ3n) is 14.3. The maximum atomic E-state index is 14.5. The molecule has 2 aliphatic carbocycles. The predicted molar refractivity (Wildman–Crippen MR) is 215 cm³/mol. The number of aliphatic hydroxyl groups excluding tert-OH is 1. The fourth-order valence-corrected chi connectivity index (χ4v) is 10.7. The molecule has 3 saturated heterocycles. The molecule has 58 heavy (non-hydrogen) atoms. The fourth-order valence-electron chi connectivity index (χ4n) is 10.7. The molecule has 1 saturated carbocycles. The second-order valence-corrected chi connectivity index (χ2v) is 18.0. The van der Waals surface area contributed by atoms with Gasteiger partial charge in [0, 0.05) is 37.3 Å². The van der Waals surface area contributed by atoms with Crippen LogP contribution < -0.4 is 0 Å². The van der Waals surface area contributed by atoms with Gasteiger partial charge in [0.25, 0.3) is 5.69 Å². The third-order valence-corrected chi connectivity index (χ3v) is 14.3. The summed E-state index contributed by atoms with van der Waals surface area (Å²) < 4.78 is 32.6. The molecule has 4 heterocycles. The topological polar surface area (TPSA) is 164 Å². The van der Waals surface area contributed by atoms with Crippen molar-refractivity contribution in [2.45, 2.75) is 159 Å². The van der Waals surface area contributed by atoms with Crippen LogP contribution in [0.3, 0.4) is 0 Å². The van der Waals surface area contributed by atoms with E-state index in [1.54, 1.807) is 37.3 Å². The Bertz CT molecular complexity index is 1840. The molecular formula is C46H61NO11. The number of ether oxygens (including phenoxy) is 5. The molecule has 0 aromatic heterocycles. The Kier molecular flexibility index (Phi) is 12.3. The first-order chi connectivity index (χ1) is 27.6. The van der Waals surface area contributed by atoms with Crippen LogP contribution in [0.4, 0.5) is 5.69 Å². The molecule has 1 aromatic carbocycles. The predicted octanol–water partition coefficient (Wildman–Crippen LogP) is 7.50. The summed E-state index contributed by atoms with van der Waals surface area (Å²) in [5.41, 5.74) is -0.335. The number of nitro groups is 1. The molecule has 12 nitrogen and oxygen atoms in total. The molecule has 316 valence electrons. The highest BCUT2D eigenvalue weighted by atomic mass is 16.7. The van der Waals surface area contributed by atoms with E-state index >= 15 is 0 Å².